The first kappa shape index (κ1) is 16.8. The third-order valence-electron chi connectivity index (χ3n) is 2.98. The Morgan fingerprint density at radius 3 is 2.41 bits per heavy atom. The molecule has 2 rings (SSSR count). The van der Waals surface area contributed by atoms with Crippen LogP contribution < -0.4 is 0 Å². The highest BCUT2D eigenvalue weighted by Gasteiger charge is 2.24. The molecule has 0 unspecified atom stereocenters. The lowest BCUT2D eigenvalue weighted by Gasteiger charge is -2.16. The summed E-state index contributed by atoms with van der Waals surface area (Å²) in [5, 5.41) is 0. The van der Waals surface area contributed by atoms with Crippen LogP contribution in [0.2, 0.25) is 0 Å². The number of halogens is 1. The van der Waals surface area contributed by atoms with Gasteiger partial charge >= 0.3 is 7.60 Å². The third-order valence-corrected chi connectivity index (χ3v) is 5.00. The number of hydrogen-bond donors (Lipinski definition) is 0. The highest BCUT2D eigenvalue weighted by atomic mass is 31.2. The summed E-state index contributed by atoms with van der Waals surface area (Å²) in [7, 11) is -3.20. The molecule has 1 aromatic heterocycles. The second kappa shape index (κ2) is 7.63. The van der Waals surface area contributed by atoms with Gasteiger partial charge in [-0.25, -0.2) is 4.39 Å². The average molecular weight is 323 g/mol. The third kappa shape index (κ3) is 4.47. The average Bonchev–Trinajstić information content (AvgIpc) is 2.48. The van der Waals surface area contributed by atoms with E-state index in [4.69, 9.17) is 9.05 Å². The Hall–Kier alpha value is -1.55. The topological polar surface area (TPSA) is 48.4 Å². The predicted molar refractivity (Wildman–Crippen MR) is 84.2 cm³/mol. The fourth-order valence-electron chi connectivity index (χ4n) is 2.13. The molecule has 4 nitrogen and oxygen atoms in total. The van der Waals surface area contributed by atoms with Gasteiger partial charge in [-0.3, -0.25) is 9.55 Å². The lowest BCUT2D eigenvalue weighted by Crippen LogP contribution is -2.00. The van der Waals surface area contributed by atoms with Crippen molar-refractivity contribution in [2.75, 3.05) is 13.2 Å². The van der Waals surface area contributed by atoms with Gasteiger partial charge in [0.1, 0.15) is 5.82 Å². The summed E-state index contributed by atoms with van der Waals surface area (Å²) in [6.45, 7) is 4.15. The molecule has 0 fully saturated rings. The van der Waals surface area contributed by atoms with Gasteiger partial charge in [0, 0.05) is 6.20 Å². The minimum absolute atomic E-state index is 0.0951. The van der Waals surface area contributed by atoms with E-state index in [-0.39, 0.29) is 12.0 Å². The zero-order valence-corrected chi connectivity index (χ0v) is 13.6. The van der Waals surface area contributed by atoms with Gasteiger partial charge in [-0.05, 0) is 49.2 Å². The molecule has 0 atom stereocenters. The van der Waals surface area contributed by atoms with E-state index in [2.05, 4.69) is 4.98 Å². The molecule has 1 aromatic carbocycles. The Bertz CT molecular complexity index is 668. The predicted octanol–water partition coefficient (Wildman–Crippen LogP) is 4.65. The van der Waals surface area contributed by atoms with Gasteiger partial charge in [-0.1, -0.05) is 12.1 Å². The number of rotatable bonds is 7. The summed E-state index contributed by atoms with van der Waals surface area (Å²) in [5.41, 5.74) is 2.14. The Balaban J connectivity index is 2.26. The van der Waals surface area contributed by atoms with Crippen LogP contribution in [0.4, 0.5) is 4.39 Å². The number of hydrogen-bond acceptors (Lipinski definition) is 4. The number of benzene rings is 1. The van der Waals surface area contributed by atoms with Crippen molar-refractivity contribution in [1.82, 2.24) is 4.98 Å². The van der Waals surface area contributed by atoms with Crippen molar-refractivity contribution in [1.29, 1.82) is 0 Å². The molecule has 0 saturated carbocycles. The van der Waals surface area contributed by atoms with Gasteiger partial charge in [-0.15, -0.1) is 0 Å². The van der Waals surface area contributed by atoms with Crippen molar-refractivity contribution < 1.29 is 18.0 Å². The van der Waals surface area contributed by atoms with E-state index < -0.39 is 7.60 Å². The van der Waals surface area contributed by atoms with Crippen LogP contribution in [0.15, 0.2) is 42.6 Å². The first-order valence-electron chi connectivity index (χ1n) is 7.15. The molecular weight excluding hydrogens is 304 g/mol. The van der Waals surface area contributed by atoms with Crippen LogP contribution in [-0.4, -0.2) is 18.2 Å². The summed E-state index contributed by atoms with van der Waals surface area (Å²) in [4.78, 5) is 4.21. The molecule has 0 amide bonds. The Kier molecular flexibility index (Phi) is 5.83. The minimum atomic E-state index is -3.20. The smallest absolute Gasteiger partial charge is 0.309 e. The Morgan fingerprint density at radius 1 is 1.09 bits per heavy atom. The van der Waals surface area contributed by atoms with Crippen molar-refractivity contribution in [2.24, 2.45) is 0 Å². The monoisotopic (exact) mass is 323 g/mol. The van der Waals surface area contributed by atoms with E-state index in [9.17, 15) is 8.96 Å². The highest BCUT2D eigenvalue weighted by Crippen LogP contribution is 2.51. The number of aromatic nitrogens is 1. The first-order chi connectivity index (χ1) is 10.6. The van der Waals surface area contributed by atoms with Crippen molar-refractivity contribution in [2.45, 2.75) is 20.0 Å². The van der Waals surface area contributed by atoms with E-state index in [0.29, 0.717) is 18.9 Å². The van der Waals surface area contributed by atoms with Gasteiger partial charge in [0.25, 0.3) is 0 Å². The molecule has 2 aromatic rings. The summed E-state index contributed by atoms with van der Waals surface area (Å²) >= 11 is 0. The number of pyridine rings is 1. The maximum Gasteiger partial charge on any atom is 0.336 e. The molecule has 1 heterocycles. The van der Waals surface area contributed by atoms with Crippen LogP contribution in [-0.2, 0) is 19.8 Å². The van der Waals surface area contributed by atoms with E-state index >= 15 is 0 Å². The van der Waals surface area contributed by atoms with Crippen LogP contribution in [0.5, 0.6) is 0 Å². The van der Waals surface area contributed by atoms with Crippen LogP contribution in [0.1, 0.15) is 19.5 Å². The minimum Gasteiger partial charge on any atom is -0.309 e. The standard InChI is InChI=1S/C16H19FNO3P/c1-3-20-22(19,21-4-2)12-16-11-14(8-9-18-16)13-6-5-7-15(17)10-13/h5-11H,3-4,12H2,1-2H3. The largest absolute Gasteiger partial charge is 0.336 e. The van der Waals surface area contributed by atoms with Gasteiger partial charge in [0.2, 0.25) is 0 Å². The second-order valence-corrected chi connectivity index (χ2v) is 6.71. The molecular formula is C16H19FNO3P. The molecule has 0 saturated heterocycles. The SMILES string of the molecule is CCOP(=O)(Cc1cc(-c2cccc(F)c2)ccn1)OCC. The quantitative estimate of drug-likeness (QED) is 0.696. The van der Waals surface area contributed by atoms with E-state index in [1.165, 1.54) is 12.1 Å². The molecule has 0 aliphatic rings. The lowest BCUT2D eigenvalue weighted by molar-refractivity contribution is 0.219. The van der Waals surface area contributed by atoms with E-state index in [1.54, 1.807) is 38.2 Å². The van der Waals surface area contributed by atoms with Crippen molar-refractivity contribution in [3.63, 3.8) is 0 Å². The van der Waals surface area contributed by atoms with Crippen LogP contribution in [0, 0.1) is 5.82 Å². The summed E-state index contributed by atoms with van der Waals surface area (Å²) in [6.07, 6.45) is 1.70. The highest BCUT2D eigenvalue weighted by molar-refractivity contribution is 7.53. The van der Waals surface area contributed by atoms with E-state index in [1.807, 2.05) is 6.07 Å². The molecule has 0 spiro atoms. The zero-order valence-electron chi connectivity index (χ0n) is 12.7. The van der Waals surface area contributed by atoms with Gasteiger partial charge in [0.05, 0.1) is 25.1 Å². The summed E-state index contributed by atoms with van der Waals surface area (Å²) in [6, 6.07) is 9.86. The van der Waals surface area contributed by atoms with Crippen molar-refractivity contribution >= 4 is 7.60 Å². The van der Waals surface area contributed by atoms with Crippen molar-refractivity contribution in [3.8, 4) is 11.1 Å². The second-order valence-electron chi connectivity index (χ2n) is 4.65. The molecule has 0 radical (unpaired) electrons. The van der Waals surface area contributed by atoms with Gasteiger partial charge in [0.15, 0.2) is 0 Å². The molecule has 0 bridgehead atoms. The fraction of sp³-hybridized carbons (Fsp3) is 0.312. The van der Waals surface area contributed by atoms with E-state index in [0.717, 1.165) is 11.1 Å². The van der Waals surface area contributed by atoms with Crippen LogP contribution >= 0.6 is 7.60 Å². The molecule has 118 valence electrons. The van der Waals surface area contributed by atoms with Crippen molar-refractivity contribution in [3.05, 3.63) is 54.1 Å². The molecule has 22 heavy (non-hydrogen) atoms. The van der Waals surface area contributed by atoms with Crippen LogP contribution in [0.25, 0.3) is 11.1 Å². The molecule has 0 aliphatic carbocycles. The summed E-state index contributed by atoms with van der Waals surface area (Å²) < 4.78 is 36.4. The Morgan fingerprint density at radius 2 is 1.77 bits per heavy atom. The maximum atomic E-state index is 13.3. The molecule has 6 heteroatoms. The summed E-state index contributed by atoms with van der Waals surface area (Å²) in [5.74, 6) is -0.301. The molecule has 0 N–H and O–H groups in total. The molecule has 0 aliphatic heterocycles. The maximum absolute atomic E-state index is 13.3. The lowest BCUT2D eigenvalue weighted by atomic mass is 10.1. The first-order valence-corrected chi connectivity index (χ1v) is 8.88. The Labute approximate surface area is 129 Å². The number of nitrogens with zero attached hydrogens (tertiary/aromatic N) is 1. The normalized spacial score (nSPS) is 11.6. The van der Waals surface area contributed by atoms with Gasteiger partial charge < -0.3 is 9.05 Å². The fourth-order valence-corrected chi connectivity index (χ4v) is 3.75. The van der Waals surface area contributed by atoms with Crippen LogP contribution in [0.3, 0.4) is 0 Å². The van der Waals surface area contributed by atoms with Gasteiger partial charge in [-0.2, -0.15) is 0 Å². The zero-order chi connectivity index (χ0) is 16.0.